The van der Waals surface area contributed by atoms with Crippen molar-refractivity contribution in [1.29, 1.82) is 0 Å². The lowest BCUT2D eigenvalue weighted by atomic mass is 10.4. The van der Waals surface area contributed by atoms with Gasteiger partial charge >= 0.3 is 0 Å². The quantitative estimate of drug-likeness (QED) is 0.420. The third-order valence-corrected chi connectivity index (χ3v) is 1.32. The molecule has 0 spiro atoms. The third kappa shape index (κ3) is 12.5. The van der Waals surface area contributed by atoms with E-state index in [2.05, 4.69) is 10.2 Å². The van der Waals surface area contributed by atoms with Gasteiger partial charge in [0, 0.05) is 13.7 Å². The summed E-state index contributed by atoms with van der Waals surface area (Å²) in [5.41, 5.74) is 0. The number of hydrogen-bond acceptors (Lipinski definition) is 4. The Hall–Kier alpha value is -0.160. The van der Waals surface area contributed by atoms with Crippen molar-refractivity contribution in [2.45, 2.75) is 20.3 Å². The highest BCUT2D eigenvalue weighted by Gasteiger charge is 1.87. The summed E-state index contributed by atoms with van der Waals surface area (Å²) in [6.45, 7) is 3.40. The predicted molar refractivity (Wildman–Crippen MR) is 50.9 cm³/mol. The van der Waals surface area contributed by atoms with Gasteiger partial charge in [0.05, 0.1) is 6.61 Å². The summed E-state index contributed by atoms with van der Waals surface area (Å²) < 4.78 is 4.88. The van der Waals surface area contributed by atoms with Crippen LogP contribution in [0.5, 0.6) is 0 Å². The van der Waals surface area contributed by atoms with E-state index in [1.807, 2.05) is 0 Å². The Morgan fingerprint density at radius 2 is 1.75 bits per heavy atom. The zero-order valence-electron chi connectivity index (χ0n) is 7.14. The van der Waals surface area contributed by atoms with Crippen molar-refractivity contribution in [2.24, 2.45) is 5.90 Å². The molecule has 0 aliphatic heterocycles. The van der Waals surface area contributed by atoms with Gasteiger partial charge in [0.15, 0.2) is 0 Å². The molecular formula is C8H22N2O2. The molecule has 0 saturated carbocycles. The minimum Gasteiger partial charge on any atom is -0.385 e. The molecule has 0 unspecified atom stereocenters. The van der Waals surface area contributed by atoms with Crippen LogP contribution in [0, 0.1) is 0 Å². The maximum atomic E-state index is 4.88. The average Bonchev–Trinajstić information content (AvgIpc) is 2.03. The zero-order chi connectivity index (χ0) is 8.36. The maximum Gasteiger partial charge on any atom is 0.0691 e. The monoisotopic (exact) mass is 178 g/mol. The molecule has 0 radical (unpaired) electrons. The average molecular weight is 178 g/mol. The lowest BCUT2D eigenvalue weighted by Crippen LogP contribution is -2.19. The van der Waals surface area contributed by atoms with E-state index in [-0.39, 0.29) is 7.43 Å². The van der Waals surface area contributed by atoms with Crippen LogP contribution in [0.4, 0.5) is 0 Å². The molecule has 0 amide bonds. The molecule has 4 heteroatoms. The molecule has 0 aromatic heterocycles. The molecule has 0 heterocycles. The van der Waals surface area contributed by atoms with Crippen molar-refractivity contribution in [3.05, 3.63) is 0 Å². The summed E-state index contributed by atoms with van der Waals surface area (Å²) in [5, 5.41) is 3.24. The van der Waals surface area contributed by atoms with Gasteiger partial charge in [-0.1, -0.05) is 7.43 Å². The smallest absolute Gasteiger partial charge is 0.0691 e. The Labute approximate surface area is 75.4 Å². The lowest BCUT2D eigenvalue weighted by Gasteiger charge is -2.02. The molecule has 0 atom stereocenters. The highest BCUT2D eigenvalue weighted by atomic mass is 16.6. The van der Waals surface area contributed by atoms with Crippen LogP contribution in [0.3, 0.4) is 0 Å². The van der Waals surface area contributed by atoms with Crippen LogP contribution >= 0.6 is 0 Å². The van der Waals surface area contributed by atoms with Crippen molar-refractivity contribution < 1.29 is 9.57 Å². The molecule has 3 N–H and O–H groups in total. The minimum absolute atomic E-state index is 0. The fraction of sp³-hybridized carbons (Fsp3) is 1.00. The number of rotatable bonds is 8. The van der Waals surface area contributed by atoms with Crippen LogP contribution in [-0.4, -0.2) is 33.4 Å². The molecule has 0 fully saturated rings. The third-order valence-electron chi connectivity index (χ3n) is 1.32. The predicted octanol–water partition coefficient (Wildman–Crippen LogP) is 0.529. The van der Waals surface area contributed by atoms with E-state index in [1.54, 1.807) is 7.11 Å². The van der Waals surface area contributed by atoms with Crippen molar-refractivity contribution >= 4 is 0 Å². The van der Waals surface area contributed by atoms with Crippen LogP contribution in [0.15, 0.2) is 0 Å². The van der Waals surface area contributed by atoms with Crippen LogP contribution in [0.1, 0.15) is 20.3 Å². The molecule has 0 aromatic carbocycles. The number of ether oxygens (including phenoxy) is 1. The Balaban J connectivity index is 0. The van der Waals surface area contributed by atoms with E-state index in [0.717, 1.165) is 32.5 Å². The Bertz CT molecular complexity index is 64.1. The fourth-order valence-electron chi connectivity index (χ4n) is 0.747. The molecule has 0 bridgehead atoms. The van der Waals surface area contributed by atoms with Crippen LogP contribution in [-0.2, 0) is 9.57 Å². The first-order valence-corrected chi connectivity index (χ1v) is 3.93. The number of methoxy groups -OCH3 is 1. The van der Waals surface area contributed by atoms with Crippen LogP contribution in [0.25, 0.3) is 0 Å². The summed E-state index contributed by atoms with van der Waals surface area (Å²) in [6, 6.07) is 0. The number of nitrogens with one attached hydrogen (secondary N) is 1. The van der Waals surface area contributed by atoms with Gasteiger partial charge in [0.1, 0.15) is 0 Å². The van der Waals surface area contributed by atoms with E-state index in [4.69, 9.17) is 10.6 Å². The molecule has 0 aliphatic rings. The summed E-state index contributed by atoms with van der Waals surface area (Å²) in [7, 11) is 1.71. The Kier molecular flexibility index (Phi) is 16.1. The molecule has 0 rings (SSSR count). The van der Waals surface area contributed by atoms with Gasteiger partial charge in [-0.05, 0) is 25.9 Å². The SMILES string of the molecule is C.COCCCNCCCON. The standard InChI is InChI=1S/C7H18N2O2.CH4/c1-10-6-2-4-9-5-3-7-11-8;/h9H,2-8H2,1H3;1H4. The van der Waals surface area contributed by atoms with Gasteiger partial charge in [-0.15, -0.1) is 0 Å². The Morgan fingerprint density at radius 3 is 2.25 bits per heavy atom. The van der Waals surface area contributed by atoms with E-state index in [1.165, 1.54) is 0 Å². The first kappa shape index (κ1) is 14.4. The molecule has 0 saturated heterocycles. The second-order valence-corrected chi connectivity index (χ2v) is 2.32. The first-order valence-electron chi connectivity index (χ1n) is 3.93. The summed E-state index contributed by atoms with van der Waals surface area (Å²) in [6.07, 6.45) is 2.02. The van der Waals surface area contributed by atoms with Gasteiger partial charge in [0.25, 0.3) is 0 Å². The van der Waals surface area contributed by atoms with Gasteiger partial charge in [0.2, 0.25) is 0 Å². The van der Waals surface area contributed by atoms with Gasteiger partial charge in [-0.25, -0.2) is 5.90 Å². The van der Waals surface area contributed by atoms with E-state index in [9.17, 15) is 0 Å². The normalized spacial score (nSPS) is 9.50. The summed E-state index contributed by atoms with van der Waals surface area (Å²) in [4.78, 5) is 4.40. The highest BCUT2D eigenvalue weighted by Crippen LogP contribution is 1.79. The van der Waals surface area contributed by atoms with Gasteiger partial charge < -0.3 is 14.9 Å². The number of nitrogens with two attached hydrogens (primary N) is 1. The fourth-order valence-corrected chi connectivity index (χ4v) is 0.747. The summed E-state index contributed by atoms with van der Waals surface area (Å²) >= 11 is 0. The molecule has 12 heavy (non-hydrogen) atoms. The Morgan fingerprint density at radius 1 is 1.17 bits per heavy atom. The molecule has 76 valence electrons. The van der Waals surface area contributed by atoms with Crippen LogP contribution in [0.2, 0.25) is 0 Å². The van der Waals surface area contributed by atoms with Crippen LogP contribution < -0.4 is 11.2 Å². The van der Waals surface area contributed by atoms with E-state index >= 15 is 0 Å². The summed E-state index contributed by atoms with van der Waals surface area (Å²) in [5.74, 6) is 4.84. The van der Waals surface area contributed by atoms with E-state index in [0.29, 0.717) is 6.61 Å². The first-order chi connectivity index (χ1) is 5.41. The van der Waals surface area contributed by atoms with E-state index < -0.39 is 0 Å². The minimum atomic E-state index is 0. The molecular weight excluding hydrogens is 156 g/mol. The van der Waals surface area contributed by atoms with Crippen molar-refractivity contribution in [3.63, 3.8) is 0 Å². The van der Waals surface area contributed by atoms with Gasteiger partial charge in [-0.3, -0.25) is 0 Å². The second kappa shape index (κ2) is 13.4. The number of hydrogen-bond donors (Lipinski definition) is 2. The topological polar surface area (TPSA) is 56.5 Å². The molecule has 0 aromatic rings. The van der Waals surface area contributed by atoms with Gasteiger partial charge in [-0.2, -0.15) is 0 Å². The molecule has 0 aliphatic carbocycles. The largest absolute Gasteiger partial charge is 0.385 e. The molecule has 4 nitrogen and oxygen atoms in total. The van der Waals surface area contributed by atoms with Crippen molar-refractivity contribution in [1.82, 2.24) is 5.32 Å². The van der Waals surface area contributed by atoms with Crippen molar-refractivity contribution in [3.8, 4) is 0 Å². The second-order valence-electron chi connectivity index (χ2n) is 2.32. The highest BCUT2D eigenvalue weighted by molar-refractivity contribution is 4.46. The maximum absolute atomic E-state index is 4.88. The van der Waals surface area contributed by atoms with Crippen molar-refractivity contribution in [2.75, 3.05) is 33.4 Å². The zero-order valence-corrected chi connectivity index (χ0v) is 7.14. The lowest BCUT2D eigenvalue weighted by molar-refractivity contribution is 0.135.